The van der Waals surface area contributed by atoms with Crippen LogP contribution in [0.1, 0.15) is 25.8 Å². The maximum atomic E-state index is 14.9. The van der Waals surface area contributed by atoms with E-state index in [9.17, 15) is 18.3 Å². The number of rotatable bonds is 8. The van der Waals surface area contributed by atoms with E-state index in [0.29, 0.717) is 18.5 Å². The average molecular weight is 381 g/mol. The van der Waals surface area contributed by atoms with Gasteiger partial charge in [0.15, 0.2) is 0 Å². The monoisotopic (exact) mass is 381 g/mol. The molecular formula is C20H26F3N3O. The Hall–Kier alpha value is -1.93. The third-order valence-corrected chi connectivity index (χ3v) is 4.29. The van der Waals surface area contributed by atoms with Crippen LogP contribution < -0.4 is 16.8 Å². The SMILES string of the molecule is CC(C)(O)NCCC(N)C(N)Cc1cccc(-c2cc(F)cc(F)c2)c1F. The predicted molar refractivity (Wildman–Crippen MR) is 100 cm³/mol. The minimum atomic E-state index is -1.01. The second kappa shape index (κ2) is 8.84. The van der Waals surface area contributed by atoms with E-state index in [-0.39, 0.29) is 17.5 Å². The van der Waals surface area contributed by atoms with Crippen molar-refractivity contribution in [2.24, 2.45) is 11.5 Å². The van der Waals surface area contributed by atoms with Crippen LogP contribution in [0.25, 0.3) is 11.1 Å². The first-order valence-electron chi connectivity index (χ1n) is 8.79. The van der Waals surface area contributed by atoms with E-state index in [1.165, 1.54) is 6.07 Å². The Bertz CT molecular complexity index is 757. The Morgan fingerprint density at radius 2 is 1.67 bits per heavy atom. The summed E-state index contributed by atoms with van der Waals surface area (Å²) >= 11 is 0. The molecule has 0 saturated carbocycles. The molecule has 0 spiro atoms. The molecule has 7 heteroatoms. The maximum absolute atomic E-state index is 14.9. The van der Waals surface area contributed by atoms with Crippen molar-refractivity contribution in [2.75, 3.05) is 6.54 Å². The summed E-state index contributed by atoms with van der Waals surface area (Å²) in [6.45, 7) is 3.70. The highest BCUT2D eigenvalue weighted by atomic mass is 19.1. The van der Waals surface area contributed by atoms with Crippen LogP contribution in [-0.2, 0) is 6.42 Å². The van der Waals surface area contributed by atoms with E-state index in [2.05, 4.69) is 5.32 Å². The van der Waals surface area contributed by atoms with Crippen molar-refractivity contribution in [1.29, 1.82) is 0 Å². The second-order valence-electron chi connectivity index (χ2n) is 7.24. The number of nitrogens with one attached hydrogen (secondary N) is 1. The van der Waals surface area contributed by atoms with Gasteiger partial charge >= 0.3 is 0 Å². The van der Waals surface area contributed by atoms with Crippen LogP contribution in [0.3, 0.4) is 0 Å². The van der Waals surface area contributed by atoms with Crippen molar-refractivity contribution >= 4 is 0 Å². The molecule has 0 aliphatic rings. The lowest BCUT2D eigenvalue weighted by Crippen LogP contribution is -2.47. The standard InChI is InChI=1S/C20H26F3N3O/c1-20(2,27)26-7-6-17(24)18(25)10-12-4-3-5-16(19(12)23)13-8-14(21)11-15(22)9-13/h3-5,8-9,11,17-18,26-27H,6-7,10,24-25H2,1-2H3. The molecule has 2 unspecified atom stereocenters. The van der Waals surface area contributed by atoms with E-state index in [4.69, 9.17) is 11.5 Å². The fourth-order valence-corrected chi connectivity index (χ4v) is 2.83. The molecule has 2 aromatic carbocycles. The summed E-state index contributed by atoms with van der Waals surface area (Å²) in [5.74, 6) is -2.11. The molecule has 6 N–H and O–H groups in total. The Kier molecular flexibility index (Phi) is 7.00. The second-order valence-corrected chi connectivity index (χ2v) is 7.24. The lowest BCUT2D eigenvalue weighted by Gasteiger charge is -2.24. The van der Waals surface area contributed by atoms with Crippen LogP contribution in [0.4, 0.5) is 13.2 Å². The molecular weight excluding hydrogens is 355 g/mol. The molecule has 0 aliphatic heterocycles. The molecule has 2 atom stereocenters. The number of nitrogens with two attached hydrogens (primary N) is 2. The van der Waals surface area contributed by atoms with Crippen molar-refractivity contribution < 1.29 is 18.3 Å². The molecule has 2 rings (SSSR count). The topological polar surface area (TPSA) is 84.3 Å². The molecule has 148 valence electrons. The highest BCUT2D eigenvalue weighted by Gasteiger charge is 2.19. The van der Waals surface area contributed by atoms with Crippen molar-refractivity contribution in [3.8, 4) is 11.1 Å². The fourth-order valence-electron chi connectivity index (χ4n) is 2.83. The molecule has 27 heavy (non-hydrogen) atoms. The summed E-state index contributed by atoms with van der Waals surface area (Å²) in [5, 5.41) is 12.5. The molecule has 0 aromatic heterocycles. The first kappa shape index (κ1) is 21.4. The quantitative estimate of drug-likeness (QED) is 0.530. The summed E-state index contributed by atoms with van der Waals surface area (Å²) in [6, 6.07) is 6.64. The molecule has 0 amide bonds. The number of hydrogen-bond acceptors (Lipinski definition) is 4. The molecule has 0 fully saturated rings. The van der Waals surface area contributed by atoms with Gasteiger partial charge in [0.1, 0.15) is 23.2 Å². The number of hydrogen-bond donors (Lipinski definition) is 4. The highest BCUT2D eigenvalue weighted by Crippen LogP contribution is 2.27. The molecule has 0 bridgehead atoms. The number of benzene rings is 2. The van der Waals surface area contributed by atoms with E-state index >= 15 is 0 Å². The van der Waals surface area contributed by atoms with Gasteiger partial charge < -0.3 is 16.6 Å². The first-order chi connectivity index (χ1) is 12.6. The van der Waals surface area contributed by atoms with Crippen molar-refractivity contribution in [1.82, 2.24) is 5.32 Å². The Balaban J connectivity index is 2.11. The first-order valence-corrected chi connectivity index (χ1v) is 8.79. The summed E-state index contributed by atoms with van der Waals surface area (Å²) in [5.41, 5.74) is 11.7. The highest BCUT2D eigenvalue weighted by molar-refractivity contribution is 5.65. The third-order valence-electron chi connectivity index (χ3n) is 4.29. The van der Waals surface area contributed by atoms with Crippen molar-refractivity contribution in [3.05, 3.63) is 59.4 Å². The summed E-state index contributed by atoms with van der Waals surface area (Å²) in [6.07, 6.45) is 0.683. The zero-order valence-corrected chi connectivity index (χ0v) is 15.5. The van der Waals surface area contributed by atoms with Gasteiger partial charge in [0.25, 0.3) is 0 Å². The van der Waals surface area contributed by atoms with Gasteiger partial charge in [-0.15, -0.1) is 0 Å². The van der Waals surface area contributed by atoms with Gasteiger partial charge in [0, 0.05) is 23.7 Å². The van der Waals surface area contributed by atoms with E-state index < -0.39 is 35.3 Å². The van der Waals surface area contributed by atoms with Crippen molar-refractivity contribution in [2.45, 2.75) is 44.5 Å². The molecule has 0 heterocycles. The van der Waals surface area contributed by atoms with Gasteiger partial charge in [0.2, 0.25) is 0 Å². The zero-order valence-electron chi connectivity index (χ0n) is 15.5. The van der Waals surface area contributed by atoms with Crippen LogP contribution >= 0.6 is 0 Å². The van der Waals surface area contributed by atoms with Crippen LogP contribution in [0, 0.1) is 17.5 Å². The average Bonchev–Trinajstić information content (AvgIpc) is 2.54. The normalized spacial score (nSPS) is 14.2. The maximum Gasteiger partial charge on any atom is 0.134 e. The smallest absolute Gasteiger partial charge is 0.134 e. The van der Waals surface area contributed by atoms with Crippen LogP contribution in [0.5, 0.6) is 0 Å². The minimum Gasteiger partial charge on any atom is -0.376 e. The zero-order chi connectivity index (χ0) is 20.2. The minimum absolute atomic E-state index is 0.107. The van der Waals surface area contributed by atoms with Crippen LogP contribution in [0.2, 0.25) is 0 Å². The van der Waals surface area contributed by atoms with Gasteiger partial charge in [-0.2, -0.15) is 0 Å². The lowest BCUT2D eigenvalue weighted by molar-refractivity contribution is 0.0430. The Labute approximate surface area is 157 Å². The van der Waals surface area contributed by atoms with Gasteiger partial charge in [-0.1, -0.05) is 18.2 Å². The predicted octanol–water partition coefficient (Wildman–Crippen LogP) is 2.68. The van der Waals surface area contributed by atoms with Gasteiger partial charge in [0.05, 0.1) is 0 Å². The van der Waals surface area contributed by atoms with E-state index in [1.807, 2.05) is 0 Å². The summed E-state index contributed by atoms with van der Waals surface area (Å²) in [4.78, 5) is 0. The molecule has 0 radical (unpaired) electrons. The van der Waals surface area contributed by atoms with Crippen molar-refractivity contribution in [3.63, 3.8) is 0 Å². The molecule has 0 saturated heterocycles. The summed E-state index contributed by atoms with van der Waals surface area (Å²) < 4.78 is 41.7. The summed E-state index contributed by atoms with van der Waals surface area (Å²) in [7, 11) is 0. The van der Waals surface area contributed by atoms with E-state index in [1.54, 1.807) is 26.0 Å². The molecule has 2 aromatic rings. The van der Waals surface area contributed by atoms with E-state index in [0.717, 1.165) is 18.2 Å². The Morgan fingerprint density at radius 3 is 2.26 bits per heavy atom. The van der Waals surface area contributed by atoms with Gasteiger partial charge in [-0.05, 0) is 56.5 Å². The third kappa shape index (κ3) is 6.32. The van der Waals surface area contributed by atoms with Gasteiger partial charge in [-0.3, -0.25) is 5.32 Å². The fraction of sp³-hybridized carbons (Fsp3) is 0.400. The molecule has 0 aliphatic carbocycles. The van der Waals surface area contributed by atoms with Crippen LogP contribution in [-0.4, -0.2) is 29.5 Å². The van der Waals surface area contributed by atoms with Gasteiger partial charge in [-0.25, -0.2) is 13.2 Å². The Morgan fingerprint density at radius 1 is 1.04 bits per heavy atom. The number of halogens is 3. The van der Waals surface area contributed by atoms with Crippen LogP contribution in [0.15, 0.2) is 36.4 Å². The number of aliphatic hydroxyl groups is 1. The largest absolute Gasteiger partial charge is 0.376 e. The molecule has 4 nitrogen and oxygen atoms in total. The lowest BCUT2D eigenvalue weighted by atomic mass is 9.95.